The van der Waals surface area contributed by atoms with E-state index in [0.717, 1.165) is 50.6 Å². The molecule has 23 heavy (non-hydrogen) atoms. The molecule has 8 heteroatoms. The summed E-state index contributed by atoms with van der Waals surface area (Å²) in [6, 6.07) is 0. The molecule has 0 bridgehead atoms. The molecular formula is C15H28N6O2. The number of nitrogens with one attached hydrogen (secondary N) is 2. The number of nitrogens with zero attached hydrogens (tertiary/aromatic N) is 4. The summed E-state index contributed by atoms with van der Waals surface area (Å²) in [7, 11) is 3.28. The zero-order valence-corrected chi connectivity index (χ0v) is 14.3. The topological polar surface area (TPSA) is 93.4 Å². The summed E-state index contributed by atoms with van der Waals surface area (Å²) in [6.07, 6.45) is 6.06. The van der Waals surface area contributed by atoms with Gasteiger partial charge in [-0.1, -0.05) is 12.8 Å². The van der Waals surface area contributed by atoms with Crippen LogP contribution in [0.2, 0.25) is 0 Å². The molecule has 1 rings (SSSR count). The number of rotatable bonds is 10. The van der Waals surface area contributed by atoms with E-state index in [0.29, 0.717) is 13.0 Å². The molecule has 1 aromatic heterocycles. The van der Waals surface area contributed by atoms with Gasteiger partial charge in [0.25, 0.3) is 0 Å². The van der Waals surface area contributed by atoms with Gasteiger partial charge in [0, 0.05) is 26.6 Å². The number of carbonyl (C=O) groups excluding carboxylic acids is 1. The summed E-state index contributed by atoms with van der Waals surface area (Å²) in [5, 5.41) is 10.5. The molecule has 0 aromatic carbocycles. The highest BCUT2D eigenvalue weighted by atomic mass is 16.5. The molecule has 2 N–H and O–H groups in total. The van der Waals surface area contributed by atoms with Crippen LogP contribution in [0, 0.1) is 0 Å². The first-order valence-corrected chi connectivity index (χ1v) is 8.09. The highest BCUT2D eigenvalue weighted by molar-refractivity contribution is 5.79. The number of hydrogen-bond donors (Lipinski definition) is 2. The lowest BCUT2D eigenvalue weighted by Crippen LogP contribution is -2.37. The lowest BCUT2D eigenvalue weighted by molar-refractivity contribution is -0.140. The average molecular weight is 324 g/mol. The van der Waals surface area contributed by atoms with Gasteiger partial charge in [-0.3, -0.25) is 9.48 Å². The lowest BCUT2D eigenvalue weighted by atomic mass is 10.1. The molecule has 1 aromatic rings. The number of hydrogen-bond acceptors (Lipinski definition) is 5. The fourth-order valence-electron chi connectivity index (χ4n) is 2.01. The van der Waals surface area contributed by atoms with Gasteiger partial charge in [0.2, 0.25) is 0 Å². The van der Waals surface area contributed by atoms with Gasteiger partial charge >= 0.3 is 5.97 Å². The molecule has 0 aliphatic rings. The number of aryl methyl sites for hydroxylation is 1. The van der Waals surface area contributed by atoms with Gasteiger partial charge in [-0.25, -0.2) is 9.98 Å². The second-order valence-corrected chi connectivity index (χ2v) is 5.16. The third-order valence-electron chi connectivity index (χ3n) is 3.36. The monoisotopic (exact) mass is 324 g/mol. The summed E-state index contributed by atoms with van der Waals surface area (Å²) < 4.78 is 6.33. The SMILES string of the molecule is CCNC(=NCc1ncnn1C)NCCCCCCC(=O)OC. The Hall–Kier alpha value is -2.12. The molecule has 0 saturated carbocycles. The van der Waals surface area contributed by atoms with Crippen LogP contribution >= 0.6 is 0 Å². The highest BCUT2D eigenvalue weighted by Crippen LogP contribution is 2.03. The number of guanidine groups is 1. The van der Waals surface area contributed by atoms with Crippen molar-refractivity contribution in [1.29, 1.82) is 0 Å². The molecule has 0 aliphatic carbocycles. The third-order valence-corrected chi connectivity index (χ3v) is 3.36. The quantitative estimate of drug-likeness (QED) is 0.289. The van der Waals surface area contributed by atoms with Crippen molar-refractivity contribution >= 4 is 11.9 Å². The predicted molar refractivity (Wildman–Crippen MR) is 88.9 cm³/mol. The first kappa shape index (κ1) is 18.9. The van der Waals surface area contributed by atoms with E-state index in [1.807, 2.05) is 14.0 Å². The van der Waals surface area contributed by atoms with Crippen LogP contribution in [0.3, 0.4) is 0 Å². The molecule has 0 saturated heterocycles. The molecule has 1 heterocycles. The second-order valence-electron chi connectivity index (χ2n) is 5.16. The third kappa shape index (κ3) is 8.18. The Labute approximate surface area is 137 Å². The molecule has 130 valence electrons. The minimum atomic E-state index is -0.131. The van der Waals surface area contributed by atoms with Gasteiger partial charge in [-0.2, -0.15) is 5.10 Å². The Kier molecular flexibility index (Phi) is 9.42. The fraction of sp³-hybridized carbons (Fsp3) is 0.733. The van der Waals surface area contributed by atoms with Crippen LogP contribution in [0.15, 0.2) is 11.3 Å². The van der Waals surface area contributed by atoms with Gasteiger partial charge in [-0.05, 0) is 19.8 Å². The number of methoxy groups -OCH3 is 1. The van der Waals surface area contributed by atoms with Crippen molar-refractivity contribution in [2.24, 2.45) is 12.0 Å². The van der Waals surface area contributed by atoms with Crippen molar-refractivity contribution in [1.82, 2.24) is 25.4 Å². The largest absolute Gasteiger partial charge is 0.469 e. The van der Waals surface area contributed by atoms with E-state index < -0.39 is 0 Å². The molecule has 0 atom stereocenters. The average Bonchev–Trinajstić information content (AvgIpc) is 2.96. The molecule has 8 nitrogen and oxygen atoms in total. The standard InChI is InChI=1S/C15H28N6O2/c1-4-16-15(18-11-13-19-12-20-21(13)2)17-10-8-6-5-7-9-14(22)23-3/h12H,4-11H2,1-3H3,(H2,16,17,18). The smallest absolute Gasteiger partial charge is 0.305 e. The fourth-order valence-corrected chi connectivity index (χ4v) is 2.01. The zero-order valence-electron chi connectivity index (χ0n) is 14.3. The van der Waals surface area contributed by atoms with Gasteiger partial charge in [0.15, 0.2) is 5.96 Å². The van der Waals surface area contributed by atoms with Gasteiger partial charge in [0.1, 0.15) is 18.7 Å². The van der Waals surface area contributed by atoms with E-state index in [1.54, 1.807) is 4.68 Å². The van der Waals surface area contributed by atoms with Crippen LogP contribution < -0.4 is 10.6 Å². The van der Waals surface area contributed by atoms with Crippen LogP contribution in [0.1, 0.15) is 44.9 Å². The van der Waals surface area contributed by atoms with E-state index in [-0.39, 0.29) is 5.97 Å². The molecule has 0 aliphatic heterocycles. The van der Waals surface area contributed by atoms with Crippen molar-refractivity contribution in [3.8, 4) is 0 Å². The second kappa shape index (κ2) is 11.4. The Morgan fingerprint density at radius 3 is 2.74 bits per heavy atom. The summed E-state index contributed by atoms with van der Waals surface area (Å²) in [5.74, 6) is 1.48. The zero-order chi connectivity index (χ0) is 16.9. The Balaban J connectivity index is 2.20. The van der Waals surface area contributed by atoms with Crippen molar-refractivity contribution in [2.45, 2.75) is 45.6 Å². The van der Waals surface area contributed by atoms with Crippen molar-refractivity contribution in [2.75, 3.05) is 20.2 Å². The minimum Gasteiger partial charge on any atom is -0.469 e. The van der Waals surface area contributed by atoms with Crippen LogP contribution in [-0.4, -0.2) is 46.9 Å². The van der Waals surface area contributed by atoms with Crippen LogP contribution in [-0.2, 0) is 23.1 Å². The predicted octanol–water partition coefficient (Wildman–Crippen LogP) is 0.994. The number of unbranched alkanes of at least 4 members (excludes halogenated alkanes) is 3. The normalized spacial score (nSPS) is 11.3. The molecular weight excluding hydrogens is 296 g/mol. The number of esters is 1. The van der Waals surface area contributed by atoms with E-state index in [1.165, 1.54) is 13.4 Å². The van der Waals surface area contributed by atoms with Crippen LogP contribution in [0.25, 0.3) is 0 Å². The Morgan fingerprint density at radius 2 is 2.09 bits per heavy atom. The summed E-state index contributed by atoms with van der Waals surface area (Å²) in [5.41, 5.74) is 0. The van der Waals surface area contributed by atoms with E-state index in [9.17, 15) is 4.79 Å². The number of ether oxygens (including phenoxy) is 1. The maximum atomic E-state index is 11.0. The van der Waals surface area contributed by atoms with E-state index in [2.05, 4.69) is 30.4 Å². The van der Waals surface area contributed by atoms with Crippen molar-refractivity contribution < 1.29 is 9.53 Å². The molecule has 0 amide bonds. The van der Waals surface area contributed by atoms with E-state index in [4.69, 9.17) is 0 Å². The van der Waals surface area contributed by atoms with Crippen LogP contribution in [0.4, 0.5) is 0 Å². The molecule has 0 fully saturated rings. The minimum absolute atomic E-state index is 0.131. The van der Waals surface area contributed by atoms with Gasteiger partial charge < -0.3 is 15.4 Å². The maximum absolute atomic E-state index is 11.0. The lowest BCUT2D eigenvalue weighted by Gasteiger charge is -2.11. The summed E-state index contributed by atoms with van der Waals surface area (Å²) in [4.78, 5) is 19.6. The number of aliphatic imine (C=N–C) groups is 1. The van der Waals surface area contributed by atoms with E-state index >= 15 is 0 Å². The highest BCUT2D eigenvalue weighted by Gasteiger charge is 2.02. The summed E-state index contributed by atoms with van der Waals surface area (Å²) in [6.45, 7) is 4.18. The van der Waals surface area contributed by atoms with Gasteiger partial charge in [-0.15, -0.1) is 0 Å². The van der Waals surface area contributed by atoms with Crippen molar-refractivity contribution in [3.05, 3.63) is 12.2 Å². The number of carbonyl (C=O) groups is 1. The van der Waals surface area contributed by atoms with Crippen molar-refractivity contribution in [3.63, 3.8) is 0 Å². The Bertz CT molecular complexity index is 486. The molecule has 0 unspecified atom stereocenters. The van der Waals surface area contributed by atoms with Crippen LogP contribution in [0.5, 0.6) is 0 Å². The molecule has 0 spiro atoms. The first-order valence-electron chi connectivity index (χ1n) is 8.09. The Morgan fingerprint density at radius 1 is 1.30 bits per heavy atom. The van der Waals surface area contributed by atoms with Gasteiger partial charge in [0.05, 0.1) is 7.11 Å². The number of aromatic nitrogens is 3. The molecule has 0 radical (unpaired) electrons. The summed E-state index contributed by atoms with van der Waals surface area (Å²) >= 11 is 0. The maximum Gasteiger partial charge on any atom is 0.305 e. The first-order chi connectivity index (χ1) is 11.2.